The van der Waals surface area contributed by atoms with Crippen LogP contribution in [0.3, 0.4) is 0 Å². The van der Waals surface area contributed by atoms with Crippen LogP contribution >= 0.6 is 11.5 Å². The molecule has 0 spiro atoms. The Hall–Kier alpha value is -1.86. The molecule has 6 nitrogen and oxygen atoms in total. The molecule has 0 saturated carbocycles. The zero-order valence-electron chi connectivity index (χ0n) is 9.46. The second kappa shape index (κ2) is 4.79. The number of nitrogens with zero attached hydrogens (tertiary/aromatic N) is 3. The van der Waals surface area contributed by atoms with E-state index in [0.29, 0.717) is 18.1 Å². The van der Waals surface area contributed by atoms with Gasteiger partial charge in [0.1, 0.15) is 0 Å². The molecule has 1 aliphatic rings. The molecule has 0 aliphatic carbocycles. The number of aromatic nitrogens is 3. The Bertz CT molecular complexity index is 556. The fraction of sp³-hybridized carbons (Fsp3) is 0.273. The minimum Gasteiger partial charge on any atom is -0.301 e. The van der Waals surface area contributed by atoms with Gasteiger partial charge in [-0.15, -0.1) is 0 Å². The van der Waals surface area contributed by atoms with Crippen LogP contribution in [0.4, 0.5) is 5.13 Å². The summed E-state index contributed by atoms with van der Waals surface area (Å²) in [5.74, 6) is -0.0944. The third kappa shape index (κ3) is 2.22. The van der Waals surface area contributed by atoms with Crippen molar-refractivity contribution in [3.63, 3.8) is 0 Å². The molecule has 0 saturated heterocycles. The number of carbonyl (C=O) groups is 1. The average Bonchev–Trinajstić information content (AvgIpc) is 2.91. The summed E-state index contributed by atoms with van der Waals surface area (Å²) in [7, 11) is 0. The maximum absolute atomic E-state index is 12.0. The molecule has 0 radical (unpaired) electrons. The van der Waals surface area contributed by atoms with Crippen LogP contribution in [0.5, 0.6) is 0 Å². The summed E-state index contributed by atoms with van der Waals surface area (Å²) in [5, 5.41) is 13.5. The molecule has 1 atom stereocenters. The molecule has 2 N–H and O–H groups in total. The third-order valence-electron chi connectivity index (χ3n) is 2.93. The number of hydrogen-bond donors (Lipinski definition) is 2. The topological polar surface area (TPSA) is 79.8 Å². The fourth-order valence-corrected chi connectivity index (χ4v) is 2.38. The molecule has 1 aromatic heterocycles. The molecule has 3 rings (SSSR count). The third-order valence-corrected chi connectivity index (χ3v) is 3.44. The highest BCUT2D eigenvalue weighted by atomic mass is 32.1. The van der Waals surface area contributed by atoms with Gasteiger partial charge in [-0.25, -0.2) is 0 Å². The number of amides is 1. The van der Waals surface area contributed by atoms with Crippen LogP contribution in [-0.4, -0.2) is 26.7 Å². The van der Waals surface area contributed by atoms with Gasteiger partial charge in [0, 0.05) is 18.1 Å². The quantitative estimate of drug-likeness (QED) is 0.827. The van der Waals surface area contributed by atoms with Crippen LogP contribution in [0.2, 0.25) is 0 Å². The molecule has 1 amide bonds. The summed E-state index contributed by atoms with van der Waals surface area (Å²) in [6.45, 7) is 0.711. The first-order valence-electron chi connectivity index (χ1n) is 5.59. The van der Waals surface area contributed by atoms with Crippen LogP contribution < -0.4 is 10.6 Å². The van der Waals surface area contributed by atoms with Crippen molar-refractivity contribution < 1.29 is 4.79 Å². The van der Waals surface area contributed by atoms with Crippen molar-refractivity contribution >= 4 is 22.6 Å². The standard InChI is InChI=1S/C11H11N5OS/c17-10(13-11-14-15-16-18-11)9-5-7-3-1-2-4-8(7)6-12-9/h1-4,9,12H,5-6H2,(H,13,14,16,17)/t9-/m0/s1. The Morgan fingerprint density at radius 2 is 2.22 bits per heavy atom. The first-order chi connectivity index (χ1) is 8.83. The monoisotopic (exact) mass is 261 g/mol. The zero-order chi connectivity index (χ0) is 12.4. The number of fused-ring (bicyclic) bond motifs is 1. The number of nitrogens with one attached hydrogen (secondary N) is 2. The van der Waals surface area contributed by atoms with E-state index < -0.39 is 0 Å². The Morgan fingerprint density at radius 3 is 3.00 bits per heavy atom. The SMILES string of the molecule is O=C(Nc1nnns1)[C@@H]1Cc2ccccc2CN1. The number of carbonyl (C=O) groups excluding carboxylic acids is 1. The van der Waals surface area contributed by atoms with Crippen molar-refractivity contribution in [2.24, 2.45) is 0 Å². The molecule has 0 unspecified atom stereocenters. The number of hydrogen-bond acceptors (Lipinski definition) is 6. The summed E-state index contributed by atoms with van der Waals surface area (Å²) in [4.78, 5) is 12.0. The highest BCUT2D eigenvalue weighted by Gasteiger charge is 2.24. The lowest BCUT2D eigenvalue weighted by atomic mass is 9.95. The van der Waals surface area contributed by atoms with E-state index in [0.717, 1.165) is 11.5 Å². The maximum Gasteiger partial charge on any atom is 0.243 e. The zero-order valence-corrected chi connectivity index (χ0v) is 10.3. The molecule has 0 fully saturated rings. The maximum atomic E-state index is 12.0. The minimum atomic E-state index is -0.233. The van der Waals surface area contributed by atoms with Crippen LogP contribution in [0.1, 0.15) is 11.1 Å². The van der Waals surface area contributed by atoms with Gasteiger partial charge >= 0.3 is 0 Å². The van der Waals surface area contributed by atoms with Gasteiger partial charge in [-0.2, -0.15) is 0 Å². The van der Waals surface area contributed by atoms with Gasteiger partial charge in [0.05, 0.1) is 6.04 Å². The highest BCUT2D eigenvalue weighted by Crippen LogP contribution is 2.17. The van der Waals surface area contributed by atoms with Gasteiger partial charge in [0.15, 0.2) is 0 Å². The minimum absolute atomic E-state index is 0.0944. The van der Waals surface area contributed by atoms with Crippen molar-refractivity contribution in [2.75, 3.05) is 5.32 Å². The molecule has 1 aromatic carbocycles. The summed E-state index contributed by atoms with van der Waals surface area (Å²) in [6, 6.07) is 7.90. The van der Waals surface area contributed by atoms with Crippen LogP contribution in [0, 0.1) is 0 Å². The molecule has 92 valence electrons. The molecule has 0 bridgehead atoms. The molecular formula is C11H11N5OS. The van der Waals surface area contributed by atoms with E-state index in [2.05, 4.69) is 37.6 Å². The Kier molecular flexibility index (Phi) is 2.99. The molecule has 2 aromatic rings. The molecule has 1 aliphatic heterocycles. The van der Waals surface area contributed by atoms with E-state index in [4.69, 9.17) is 0 Å². The molecule has 18 heavy (non-hydrogen) atoms. The van der Waals surface area contributed by atoms with Gasteiger partial charge in [-0.05, 0) is 22.8 Å². The normalized spacial score (nSPS) is 18.1. The highest BCUT2D eigenvalue weighted by molar-refractivity contribution is 7.09. The van der Waals surface area contributed by atoms with Crippen LogP contribution in [-0.2, 0) is 17.8 Å². The van der Waals surface area contributed by atoms with E-state index in [9.17, 15) is 4.79 Å². The summed E-state index contributed by atoms with van der Waals surface area (Å²) in [5.41, 5.74) is 2.46. The van der Waals surface area contributed by atoms with E-state index in [-0.39, 0.29) is 11.9 Å². The summed E-state index contributed by atoms with van der Waals surface area (Å²) >= 11 is 1.07. The molecular weight excluding hydrogens is 250 g/mol. The summed E-state index contributed by atoms with van der Waals surface area (Å²) in [6.07, 6.45) is 0.689. The fourth-order valence-electron chi connectivity index (χ4n) is 2.01. The van der Waals surface area contributed by atoms with E-state index in [1.807, 2.05) is 12.1 Å². The Labute approximate surface area is 108 Å². The van der Waals surface area contributed by atoms with Gasteiger partial charge in [-0.3, -0.25) is 10.1 Å². The van der Waals surface area contributed by atoms with E-state index >= 15 is 0 Å². The van der Waals surface area contributed by atoms with Crippen molar-refractivity contribution in [1.82, 2.24) is 20.1 Å². The lowest BCUT2D eigenvalue weighted by Crippen LogP contribution is -2.44. The lowest BCUT2D eigenvalue weighted by Gasteiger charge is -2.24. The second-order valence-corrected chi connectivity index (χ2v) is 4.80. The lowest BCUT2D eigenvalue weighted by molar-refractivity contribution is -0.118. The van der Waals surface area contributed by atoms with Crippen molar-refractivity contribution in [2.45, 2.75) is 19.0 Å². The largest absolute Gasteiger partial charge is 0.301 e. The van der Waals surface area contributed by atoms with Gasteiger partial charge < -0.3 is 5.32 Å². The summed E-state index contributed by atoms with van der Waals surface area (Å²) < 4.78 is 3.60. The Morgan fingerprint density at radius 1 is 1.39 bits per heavy atom. The smallest absolute Gasteiger partial charge is 0.243 e. The Balaban J connectivity index is 1.70. The predicted octanol–water partition coefficient (Wildman–Crippen LogP) is 0.586. The van der Waals surface area contributed by atoms with Gasteiger partial charge in [0.2, 0.25) is 11.0 Å². The average molecular weight is 261 g/mol. The van der Waals surface area contributed by atoms with Crippen LogP contribution in [0.15, 0.2) is 24.3 Å². The van der Waals surface area contributed by atoms with Crippen molar-refractivity contribution in [3.05, 3.63) is 35.4 Å². The number of rotatable bonds is 2. The molecule has 2 heterocycles. The predicted molar refractivity (Wildman–Crippen MR) is 67.1 cm³/mol. The first kappa shape index (κ1) is 11.2. The van der Waals surface area contributed by atoms with Crippen molar-refractivity contribution in [1.29, 1.82) is 0 Å². The number of benzene rings is 1. The first-order valence-corrected chi connectivity index (χ1v) is 6.36. The van der Waals surface area contributed by atoms with Gasteiger partial charge in [0.25, 0.3) is 0 Å². The van der Waals surface area contributed by atoms with Gasteiger partial charge in [-0.1, -0.05) is 33.9 Å². The molecule has 7 heteroatoms. The van der Waals surface area contributed by atoms with Crippen LogP contribution in [0.25, 0.3) is 0 Å². The van der Waals surface area contributed by atoms with Crippen molar-refractivity contribution in [3.8, 4) is 0 Å². The van der Waals surface area contributed by atoms with E-state index in [1.54, 1.807) is 0 Å². The van der Waals surface area contributed by atoms with E-state index in [1.165, 1.54) is 11.1 Å². The second-order valence-electron chi connectivity index (χ2n) is 4.06. The number of anilines is 1.